The molecule has 1 aliphatic rings. The minimum absolute atomic E-state index is 0.174. The van der Waals surface area contributed by atoms with E-state index in [-0.39, 0.29) is 5.41 Å². The maximum Gasteiger partial charge on any atom is 0.107 e. The van der Waals surface area contributed by atoms with Crippen LogP contribution in [-0.4, -0.2) is 36.1 Å². The minimum Gasteiger partial charge on any atom is -0.316 e. The van der Waals surface area contributed by atoms with Gasteiger partial charge in [0, 0.05) is 29.9 Å². The Bertz CT molecular complexity index is 367. The molecule has 0 aromatic carbocycles. The van der Waals surface area contributed by atoms with Gasteiger partial charge in [-0.1, -0.05) is 20.8 Å². The van der Waals surface area contributed by atoms with Crippen molar-refractivity contribution in [2.24, 2.45) is 0 Å². The molecule has 2 heterocycles. The van der Waals surface area contributed by atoms with E-state index >= 15 is 0 Å². The van der Waals surface area contributed by atoms with Gasteiger partial charge in [-0.25, -0.2) is 4.98 Å². The van der Waals surface area contributed by atoms with Crippen molar-refractivity contribution < 1.29 is 0 Å². The molecule has 0 radical (unpaired) electrons. The van der Waals surface area contributed by atoms with E-state index in [1.54, 1.807) is 11.3 Å². The second-order valence-corrected chi connectivity index (χ2v) is 6.83. The first-order valence-electron chi connectivity index (χ1n) is 6.33. The lowest BCUT2D eigenvalue weighted by Crippen LogP contribution is -2.29. The fourth-order valence-corrected chi connectivity index (χ4v) is 3.19. The third kappa shape index (κ3) is 3.27. The molecule has 1 unspecified atom stereocenters. The summed E-state index contributed by atoms with van der Waals surface area (Å²) in [5.74, 6) is 0. The summed E-state index contributed by atoms with van der Waals surface area (Å²) < 4.78 is 0. The molecule has 1 N–H and O–H groups in total. The molecular weight excluding hydrogens is 230 g/mol. The molecule has 3 nitrogen and oxygen atoms in total. The van der Waals surface area contributed by atoms with Gasteiger partial charge in [0.2, 0.25) is 0 Å². The van der Waals surface area contributed by atoms with Crippen molar-refractivity contribution in [1.29, 1.82) is 0 Å². The lowest BCUT2D eigenvalue weighted by Gasteiger charge is -2.15. The van der Waals surface area contributed by atoms with Crippen molar-refractivity contribution in [2.75, 3.05) is 20.1 Å². The van der Waals surface area contributed by atoms with Crippen LogP contribution in [0.3, 0.4) is 0 Å². The molecule has 1 fully saturated rings. The normalized spacial score (nSPS) is 22.2. The van der Waals surface area contributed by atoms with E-state index in [2.05, 4.69) is 43.4 Å². The monoisotopic (exact) mass is 253 g/mol. The van der Waals surface area contributed by atoms with Crippen LogP contribution >= 0.6 is 11.3 Å². The van der Waals surface area contributed by atoms with Gasteiger partial charge in [0.15, 0.2) is 0 Å². The Morgan fingerprint density at radius 2 is 2.29 bits per heavy atom. The Morgan fingerprint density at radius 1 is 1.53 bits per heavy atom. The molecule has 1 saturated heterocycles. The summed E-state index contributed by atoms with van der Waals surface area (Å²) in [6.45, 7) is 10.0. The second kappa shape index (κ2) is 5.04. The molecule has 0 spiro atoms. The van der Waals surface area contributed by atoms with E-state index in [4.69, 9.17) is 4.98 Å². The summed E-state index contributed by atoms with van der Waals surface area (Å²) in [7, 11) is 2.05. The van der Waals surface area contributed by atoms with Gasteiger partial charge in [-0.05, 0) is 13.5 Å². The van der Waals surface area contributed by atoms with E-state index in [0.717, 1.165) is 13.1 Å². The molecule has 0 saturated carbocycles. The lowest BCUT2D eigenvalue weighted by atomic mass is 9.93. The van der Waals surface area contributed by atoms with E-state index in [0.29, 0.717) is 6.04 Å². The van der Waals surface area contributed by atoms with Gasteiger partial charge in [0.25, 0.3) is 0 Å². The zero-order chi connectivity index (χ0) is 12.5. The van der Waals surface area contributed by atoms with E-state index in [1.165, 1.54) is 23.7 Å². The van der Waals surface area contributed by atoms with Crippen molar-refractivity contribution in [2.45, 2.75) is 45.2 Å². The molecule has 17 heavy (non-hydrogen) atoms. The van der Waals surface area contributed by atoms with Crippen molar-refractivity contribution in [3.8, 4) is 0 Å². The SMILES string of the molecule is CNC1CCN(Cc2nc(C(C)(C)C)cs2)C1. The van der Waals surface area contributed by atoms with Crippen LogP contribution in [0.4, 0.5) is 0 Å². The Kier molecular flexibility index (Phi) is 3.85. The number of rotatable bonds is 3. The number of likely N-dealkylation sites (tertiary alicyclic amines) is 1. The summed E-state index contributed by atoms with van der Waals surface area (Å²) in [5.41, 5.74) is 1.40. The maximum absolute atomic E-state index is 4.75. The van der Waals surface area contributed by atoms with Gasteiger partial charge in [0.05, 0.1) is 12.2 Å². The minimum atomic E-state index is 0.174. The average Bonchev–Trinajstić information content (AvgIpc) is 2.86. The summed E-state index contributed by atoms with van der Waals surface area (Å²) in [6.07, 6.45) is 1.26. The topological polar surface area (TPSA) is 28.2 Å². The summed E-state index contributed by atoms with van der Waals surface area (Å²) in [4.78, 5) is 7.24. The largest absolute Gasteiger partial charge is 0.316 e. The van der Waals surface area contributed by atoms with Crippen LogP contribution in [-0.2, 0) is 12.0 Å². The van der Waals surface area contributed by atoms with Crippen LogP contribution in [0.5, 0.6) is 0 Å². The molecule has 1 atom stereocenters. The molecular formula is C13H23N3S. The molecule has 1 aliphatic heterocycles. The van der Waals surface area contributed by atoms with E-state index in [1.807, 2.05) is 0 Å². The van der Waals surface area contributed by atoms with Crippen LogP contribution in [0, 0.1) is 0 Å². The van der Waals surface area contributed by atoms with Crippen LogP contribution in [0.1, 0.15) is 37.9 Å². The van der Waals surface area contributed by atoms with Gasteiger partial charge in [0.1, 0.15) is 5.01 Å². The van der Waals surface area contributed by atoms with E-state index in [9.17, 15) is 0 Å². The fraction of sp³-hybridized carbons (Fsp3) is 0.769. The molecule has 96 valence electrons. The number of nitrogens with one attached hydrogen (secondary N) is 1. The quantitative estimate of drug-likeness (QED) is 0.895. The molecule has 0 amide bonds. The number of nitrogens with zero attached hydrogens (tertiary/aromatic N) is 2. The van der Waals surface area contributed by atoms with Gasteiger partial charge in [-0.3, -0.25) is 4.90 Å². The van der Waals surface area contributed by atoms with Crippen LogP contribution in [0.15, 0.2) is 5.38 Å². The Morgan fingerprint density at radius 3 is 2.82 bits per heavy atom. The fourth-order valence-electron chi connectivity index (χ4n) is 2.13. The highest BCUT2D eigenvalue weighted by atomic mass is 32.1. The van der Waals surface area contributed by atoms with Gasteiger partial charge >= 0.3 is 0 Å². The number of aromatic nitrogens is 1. The highest BCUT2D eigenvalue weighted by molar-refractivity contribution is 7.09. The number of hydrogen-bond acceptors (Lipinski definition) is 4. The average molecular weight is 253 g/mol. The molecule has 2 rings (SSSR count). The Hall–Kier alpha value is -0.450. The third-order valence-corrected chi connectivity index (χ3v) is 4.19. The highest BCUT2D eigenvalue weighted by Gasteiger charge is 2.23. The van der Waals surface area contributed by atoms with Crippen LogP contribution in [0.2, 0.25) is 0 Å². The second-order valence-electron chi connectivity index (χ2n) is 5.89. The summed E-state index contributed by atoms with van der Waals surface area (Å²) in [5, 5.41) is 6.82. The van der Waals surface area contributed by atoms with Crippen LogP contribution < -0.4 is 5.32 Å². The van der Waals surface area contributed by atoms with Crippen molar-refractivity contribution in [1.82, 2.24) is 15.2 Å². The highest BCUT2D eigenvalue weighted by Crippen LogP contribution is 2.25. The van der Waals surface area contributed by atoms with E-state index < -0.39 is 0 Å². The van der Waals surface area contributed by atoms with Gasteiger partial charge < -0.3 is 5.32 Å². The van der Waals surface area contributed by atoms with Gasteiger partial charge in [-0.2, -0.15) is 0 Å². The first-order chi connectivity index (χ1) is 7.99. The molecule has 1 aromatic heterocycles. The first kappa shape index (κ1) is 13.0. The summed E-state index contributed by atoms with van der Waals surface area (Å²) >= 11 is 1.80. The van der Waals surface area contributed by atoms with Crippen molar-refractivity contribution >= 4 is 11.3 Å². The standard InChI is InChI=1S/C13H23N3S/c1-13(2,3)11-9-17-12(15-11)8-16-6-5-10(7-16)14-4/h9-10,14H,5-8H2,1-4H3. The maximum atomic E-state index is 4.75. The number of likely N-dealkylation sites (N-methyl/N-ethyl adjacent to an activating group) is 1. The predicted molar refractivity (Wildman–Crippen MR) is 73.6 cm³/mol. The predicted octanol–water partition coefficient (Wildman–Crippen LogP) is 2.23. The molecule has 4 heteroatoms. The van der Waals surface area contributed by atoms with Crippen molar-refractivity contribution in [3.05, 3.63) is 16.1 Å². The lowest BCUT2D eigenvalue weighted by molar-refractivity contribution is 0.321. The zero-order valence-electron chi connectivity index (χ0n) is 11.3. The Labute approximate surface area is 108 Å². The molecule has 1 aromatic rings. The first-order valence-corrected chi connectivity index (χ1v) is 7.21. The number of hydrogen-bond donors (Lipinski definition) is 1. The molecule has 0 bridgehead atoms. The smallest absolute Gasteiger partial charge is 0.107 e. The zero-order valence-corrected chi connectivity index (χ0v) is 12.1. The molecule has 0 aliphatic carbocycles. The Balaban J connectivity index is 1.94. The van der Waals surface area contributed by atoms with Crippen molar-refractivity contribution in [3.63, 3.8) is 0 Å². The van der Waals surface area contributed by atoms with Gasteiger partial charge in [-0.15, -0.1) is 11.3 Å². The van der Waals surface area contributed by atoms with Crippen LogP contribution in [0.25, 0.3) is 0 Å². The third-order valence-electron chi connectivity index (χ3n) is 3.36. The summed E-state index contributed by atoms with van der Waals surface area (Å²) in [6, 6.07) is 0.664. The number of thiazole rings is 1.